The van der Waals surface area contributed by atoms with Crippen molar-refractivity contribution in [1.29, 1.82) is 0 Å². The lowest BCUT2D eigenvalue weighted by molar-refractivity contribution is 0.460. The van der Waals surface area contributed by atoms with Crippen molar-refractivity contribution in [1.82, 2.24) is 5.32 Å². The predicted molar refractivity (Wildman–Crippen MR) is 83.0 cm³/mol. The number of nitrogens with one attached hydrogen (secondary N) is 1. The molecule has 0 aromatic heterocycles. The Balaban J connectivity index is 2.37. The van der Waals surface area contributed by atoms with Gasteiger partial charge in [0, 0.05) is 6.04 Å². The zero-order valence-corrected chi connectivity index (χ0v) is 13.4. The fourth-order valence-corrected chi connectivity index (χ4v) is 5.51. The van der Waals surface area contributed by atoms with E-state index in [1.807, 2.05) is 6.92 Å². The van der Waals surface area contributed by atoms with Crippen LogP contribution in [0.2, 0.25) is 5.02 Å². The summed E-state index contributed by atoms with van der Waals surface area (Å²) in [6.45, 7) is 2.81. The van der Waals surface area contributed by atoms with Crippen LogP contribution in [0.15, 0.2) is 29.2 Å². The second kappa shape index (κ2) is 6.92. The first kappa shape index (κ1) is 15.8. The molecule has 1 saturated carbocycles. The molecule has 0 bridgehead atoms. The lowest BCUT2D eigenvalue weighted by Gasteiger charge is -2.26. The van der Waals surface area contributed by atoms with Crippen LogP contribution in [-0.4, -0.2) is 26.3 Å². The number of halogens is 1. The fourth-order valence-electron chi connectivity index (χ4n) is 2.98. The third kappa shape index (κ3) is 3.35. The zero-order valence-electron chi connectivity index (χ0n) is 11.8. The molecule has 3 nitrogen and oxygen atoms in total. The average Bonchev–Trinajstić information content (AvgIpc) is 2.65. The molecule has 112 valence electrons. The van der Waals surface area contributed by atoms with Crippen LogP contribution < -0.4 is 5.32 Å². The van der Waals surface area contributed by atoms with E-state index in [2.05, 4.69) is 5.32 Å². The second-order valence-electron chi connectivity index (χ2n) is 5.32. The van der Waals surface area contributed by atoms with E-state index in [0.717, 1.165) is 32.2 Å². The first-order chi connectivity index (χ1) is 9.57. The van der Waals surface area contributed by atoms with Gasteiger partial charge in [0.05, 0.1) is 15.2 Å². The van der Waals surface area contributed by atoms with Gasteiger partial charge >= 0.3 is 0 Å². The molecule has 0 heterocycles. The third-order valence-corrected chi connectivity index (χ3v) is 6.73. The first-order valence-corrected chi connectivity index (χ1v) is 9.21. The van der Waals surface area contributed by atoms with Gasteiger partial charge in [0.2, 0.25) is 0 Å². The Labute approximate surface area is 126 Å². The maximum atomic E-state index is 12.9. The number of hydrogen-bond acceptors (Lipinski definition) is 3. The summed E-state index contributed by atoms with van der Waals surface area (Å²) in [4.78, 5) is 0.275. The van der Waals surface area contributed by atoms with Crippen LogP contribution in [0.3, 0.4) is 0 Å². The van der Waals surface area contributed by atoms with Gasteiger partial charge < -0.3 is 5.32 Å². The Bertz CT molecular complexity index is 545. The van der Waals surface area contributed by atoms with E-state index >= 15 is 0 Å². The molecule has 1 fully saturated rings. The lowest BCUT2D eigenvalue weighted by atomic mass is 10.1. The van der Waals surface area contributed by atoms with Gasteiger partial charge in [-0.05, 0) is 31.5 Å². The van der Waals surface area contributed by atoms with Crippen molar-refractivity contribution in [2.75, 3.05) is 6.54 Å². The van der Waals surface area contributed by atoms with Crippen LogP contribution >= 0.6 is 11.6 Å². The summed E-state index contributed by atoms with van der Waals surface area (Å²) in [5, 5.41) is 3.30. The van der Waals surface area contributed by atoms with E-state index in [9.17, 15) is 8.42 Å². The van der Waals surface area contributed by atoms with E-state index in [4.69, 9.17) is 11.6 Å². The molecule has 0 saturated heterocycles. The second-order valence-corrected chi connectivity index (χ2v) is 7.86. The van der Waals surface area contributed by atoms with Crippen molar-refractivity contribution < 1.29 is 8.42 Å². The quantitative estimate of drug-likeness (QED) is 0.866. The molecular formula is C15H22ClNO2S. The zero-order chi connectivity index (χ0) is 14.6. The highest BCUT2D eigenvalue weighted by atomic mass is 35.5. The summed E-state index contributed by atoms with van der Waals surface area (Å²) in [5.74, 6) is 0. The van der Waals surface area contributed by atoms with Crippen molar-refractivity contribution in [3.8, 4) is 0 Å². The van der Waals surface area contributed by atoms with Gasteiger partial charge in [0.15, 0.2) is 9.84 Å². The van der Waals surface area contributed by atoms with Crippen molar-refractivity contribution in [3.63, 3.8) is 0 Å². The van der Waals surface area contributed by atoms with Crippen molar-refractivity contribution >= 4 is 21.4 Å². The number of rotatable bonds is 4. The van der Waals surface area contributed by atoms with Crippen LogP contribution in [0.4, 0.5) is 0 Å². The van der Waals surface area contributed by atoms with Crippen LogP contribution in [-0.2, 0) is 9.84 Å². The minimum atomic E-state index is -3.38. The standard InChI is InChI=1S/C15H22ClNO2S/c1-2-17-13-9-4-3-5-11-15(13)20(18,19)14-10-7-6-8-12(14)16/h6-8,10,13,15,17H,2-5,9,11H2,1H3. The van der Waals surface area contributed by atoms with Crippen LogP contribution in [0.25, 0.3) is 0 Å². The summed E-state index contributed by atoms with van der Waals surface area (Å²) >= 11 is 6.09. The van der Waals surface area contributed by atoms with E-state index in [1.165, 1.54) is 0 Å². The largest absolute Gasteiger partial charge is 0.313 e. The summed E-state index contributed by atoms with van der Waals surface area (Å²) in [7, 11) is -3.38. The lowest BCUT2D eigenvalue weighted by Crippen LogP contribution is -2.43. The molecule has 2 rings (SSSR count). The van der Waals surface area contributed by atoms with Gasteiger partial charge in [0.25, 0.3) is 0 Å². The Hall–Kier alpha value is -0.580. The Morgan fingerprint density at radius 3 is 2.60 bits per heavy atom. The normalized spacial score (nSPS) is 24.3. The SMILES string of the molecule is CCNC1CCCCCC1S(=O)(=O)c1ccccc1Cl. The van der Waals surface area contributed by atoms with Crippen molar-refractivity contribution in [2.45, 2.75) is 55.2 Å². The van der Waals surface area contributed by atoms with E-state index in [-0.39, 0.29) is 16.2 Å². The molecule has 0 aliphatic heterocycles. The molecule has 1 aromatic carbocycles. The van der Waals surface area contributed by atoms with Gasteiger partial charge in [0.1, 0.15) is 0 Å². The first-order valence-electron chi connectivity index (χ1n) is 7.29. The topological polar surface area (TPSA) is 46.2 Å². The molecule has 0 amide bonds. The highest BCUT2D eigenvalue weighted by Crippen LogP contribution is 2.31. The van der Waals surface area contributed by atoms with Crippen LogP contribution in [0.1, 0.15) is 39.0 Å². The minimum Gasteiger partial charge on any atom is -0.313 e. The van der Waals surface area contributed by atoms with Gasteiger partial charge in [-0.2, -0.15) is 0 Å². The smallest absolute Gasteiger partial charge is 0.184 e. The molecule has 5 heteroatoms. The third-order valence-electron chi connectivity index (χ3n) is 3.96. The molecular weight excluding hydrogens is 294 g/mol. The molecule has 20 heavy (non-hydrogen) atoms. The van der Waals surface area contributed by atoms with Crippen LogP contribution in [0, 0.1) is 0 Å². The monoisotopic (exact) mass is 315 g/mol. The molecule has 1 aromatic rings. The van der Waals surface area contributed by atoms with Gasteiger partial charge in [-0.3, -0.25) is 0 Å². The Morgan fingerprint density at radius 2 is 1.90 bits per heavy atom. The minimum absolute atomic E-state index is 0.0313. The summed E-state index contributed by atoms with van der Waals surface area (Å²) in [5.41, 5.74) is 0. The van der Waals surface area contributed by atoms with E-state index in [1.54, 1.807) is 24.3 Å². The Morgan fingerprint density at radius 1 is 1.20 bits per heavy atom. The summed E-state index contributed by atoms with van der Waals surface area (Å²) in [6, 6.07) is 6.79. The summed E-state index contributed by atoms with van der Waals surface area (Å²) in [6.07, 6.45) is 4.80. The van der Waals surface area contributed by atoms with Crippen molar-refractivity contribution in [3.05, 3.63) is 29.3 Å². The maximum Gasteiger partial charge on any atom is 0.184 e. The fraction of sp³-hybridized carbons (Fsp3) is 0.600. The van der Waals surface area contributed by atoms with Crippen LogP contribution in [0.5, 0.6) is 0 Å². The molecule has 2 atom stereocenters. The number of benzene rings is 1. The van der Waals surface area contributed by atoms with Gasteiger partial charge in [-0.15, -0.1) is 0 Å². The molecule has 1 aliphatic carbocycles. The van der Waals surface area contributed by atoms with E-state index in [0.29, 0.717) is 11.4 Å². The maximum absolute atomic E-state index is 12.9. The molecule has 2 unspecified atom stereocenters. The Kier molecular flexibility index (Phi) is 5.47. The highest BCUT2D eigenvalue weighted by molar-refractivity contribution is 7.92. The molecule has 0 spiro atoms. The number of hydrogen-bond donors (Lipinski definition) is 1. The van der Waals surface area contributed by atoms with Crippen molar-refractivity contribution in [2.24, 2.45) is 0 Å². The average molecular weight is 316 g/mol. The van der Waals surface area contributed by atoms with Gasteiger partial charge in [-0.25, -0.2) is 8.42 Å². The highest BCUT2D eigenvalue weighted by Gasteiger charge is 2.35. The van der Waals surface area contributed by atoms with E-state index < -0.39 is 9.84 Å². The predicted octanol–water partition coefficient (Wildman–Crippen LogP) is 3.42. The molecule has 0 radical (unpaired) electrons. The molecule has 1 aliphatic rings. The summed E-state index contributed by atoms with van der Waals surface area (Å²) < 4.78 is 25.8. The molecule has 1 N–H and O–H groups in total. The van der Waals surface area contributed by atoms with Gasteiger partial charge in [-0.1, -0.05) is 49.9 Å². The number of sulfone groups is 1.